The number of para-hydroxylation sites is 1. The molecule has 0 aliphatic carbocycles. The Morgan fingerprint density at radius 3 is 2.67 bits per heavy atom. The Bertz CT molecular complexity index is 203. The Morgan fingerprint density at radius 1 is 1.25 bits per heavy atom. The number of nitrogens with one attached hydrogen (secondary N) is 1. The lowest BCUT2D eigenvalue weighted by molar-refractivity contribution is 0.346. The highest BCUT2D eigenvalue weighted by molar-refractivity contribution is 5.97. The van der Waals surface area contributed by atoms with Gasteiger partial charge in [-0.25, -0.2) is 0 Å². The summed E-state index contributed by atoms with van der Waals surface area (Å²) >= 11 is 0. The number of rotatable bonds is 5. The predicted octanol–water partition coefficient (Wildman–Crippen LogP) is 0.786. The zero-order valence-electron chi connectivity index (χ0n) is 7.42. The maximum atomic E-state index is 5.08. The van der Waals surface area contributed by atoms with Gasteiger partial charge in [0.2, 0.25) is 0 Å². The lowest BCUT2D eigenvalue weighted by Gasteiger charge is -2.04. The van der Waals surface area contributed by atoms with Crippen molar-refractivity contribution in [1.82, 2.24) is 0 Å². The summed E-state index contributed by atoms with van der Waals surface area (Å²) in [6.07, 6.45) is 1.08. The Morgan fingerprint density at radius 2 is 2.00 bits per heavy atom. The number of benzene rings is 1. The molecule has 12 heavy (non-hydrogen) atoms. The van der Waals surface area contributed by atoms with E-state index in [0.717, 1.165) is 30.1 Å². The Balaban J connectivity index is 2.16. The van der Waals surface area contributed by atoms with Crippen LogP contribution in [0.4, 0.5) is 5.69 Å². The first kappa shape index (κ1) is 9.29. The summed E-state index contributed by atoms with van der Waals surface area (Å²) in [6, 6.07) is 10.2. The molecule has 1 N–H and O–H groups in total. The van der Waals surface area contributed by atoms with Gasteiger partial charge in [-0.05, 0) is 18.6 Å². The van der Waals surface area contributed by atoms with Crippen molar-refractivity contribution in [2.45, 2.75) is 6.42 Å². The van der Waals surface area contributed by atoms with Crippen LogP contribution in [0.15, 0.2) is 30.3 Å². The monoisotopic (exact) mass is 181 g/mol. The van der Waals surface area contributed by atoms with Gasteiger partial charge in [0, 0.05) is 18.8 Å². The van der Waals surface area contributed by atoms with Crippen LogP contribution in [0.5, 0.6) is 0 Å². The molecule has 0 spiro atoms. The van der Waals surface area contributed by atoms with Gasteiger partial charge in [-0.15, -0.1) is 0 Å². The molecule has 0 radical (unpaired) electrons. The third kappa shape index (κ3) is 3.55. The molecule has 0 heterocycles. The van der Waals surface area contributed by atoms with Gasteiger partial charge in [-0.3, -0.25) is 0 Å². The molecule has 0 fully saturated rings. The molecule has 0 amide bonds. The van der Waals surface area contributed by atoms with Crippen molar-refractivity contribution < 1.29 is 4.43 Å². The van der Waals surface area contributed by atoms with E-state index in [4.69, 9.17) is 4.43 Å². The lowest BCUT2D eigenvalue weighted by atomic mass is 10.3. The van der Waals surface area contributed by atoms with Crippen LogP contribution < -0.4 is 5.32 Å². The van der Waals surface area contributed by atoms with Crippen LogP contribution in [0.2, 0.25) is 0 Å². The van der Waals surface area contributed by atoms with Crippen LogP contribution in [-0.4, -0.2) is 23.6 Å². The fourth-order valence-electron chi connectivity index (χ4n) is 1.01. The molecule has 0 aliphatic heterocycles. The third-order valence-corrected chi connectivity index (χ3v) is 2.04. The fourth-order valence-corrected chi connectivity index (χ4v) is 1.29. The van der Waals surface area contributed by atoms with Gasteiger partial charge in [-0.2, -0.15) is 0 Å². The second-order valence-corrected chi connectivity index (χ2v) is 3.22. The molecule has 66 valence electrons. The second kappa shape index (κ2) is 5.80. The van der Waals surface area contributed by atoms with Crippen molar-refractivity contribution in [2.75, 3.05) is 18.5 Å². The maximum Gasteiger partial charge on any atom is 0.145 e. The zero-order valence-corrected chi connectivity index (χ0v) is 9.42. The Hall–Kier alpha value is -0.803. The fraction of sp³-hybridized carbons (Fsp3) is 0.333. The predicted molar refractivity (Wildman–Crippen MR) is 55.4 cm³/mol. The molecule has 1 aromatic carbocycles. The summed E-state index contributed by atoms with van der Waals surface area (Å²) in [6.45, 7) is 1.87. The van der Waals surface area contributed by atoms with Gasteiger partial charge in [0.1, 0.15) is 10.5 Å². The van der Waals surface area contributed by atoms with Gasteiger partial charge in [0.05, 0.1) is 0 Å². The highest BCUT2D eigenvalue weighted by atomic mass is 28.2. The SMILES string of the molecule is [SiH3]OCCCNc1ccccc1. The van der Waals surface area contributed by atoms with Gasteiger partial charge in [0.25, 0.3) is 0 Å². The van der Waals surface area contributed by atoms with Crippen molar-refractivity contribution in [3.63, 3.8) is 0 Å². The molecule has 0 aromatic heterocycles. The van der Waals surface area contributed by atoms with E-state index >= 15 is 0 Å². The summed E-state index contributed by atoms with van der Waals surface area (Å²) in [5, 5.41) is 3.31. The molecule has 0 saturated heterocycles. The summed E-state index contributed by atoms with van der Waals surface area (Å²) in [4.78, 5) is 0. The van der Waals surface area contributed by atoms with Crippen LogP contribution in [-0.2, 0) is 4.43 Å². The van der Waals surface area contributed by atoms with Crippen molar-refractivity contribution >= 4 is 16.2 Å². The van der Waals surface area contributed by atoms with E-state index in [1.807, 2.05) is 18.2 Å². The van der Waals surface area contributed by atoms with Crippen LogP contribution >= 0.6 is 0 Å². The van der Waals surface area contributed by atoms with Crippen molar-refractivity contribution in [3.8, 4) is 0 Å². The average Bonchev–Trinajstić information content (AvgIpc) is 2.14. The zero-order chi connectivity index (χ0) is 8.65. The molecule has 0 unspecified atom stereocenters. The van der Waals surface area contributed by atoms with E-state index in [1.165, 1.54) is 5.69 Å². The highest BCUT2D eigenvalue weighted by Gasteiger charge is 1.87. The normalized spacial score (nSPS) is 10.0. The van der Waals surface area contributed by atoms with E-state index < -0.39 is 0 Å². The first-order valence-corrected chi connectivity index (χ1v) is 5.03. The van der Waals surface area contributed by atoms with Crippen LogP contribution in [0.3, 0.4) is 0 Å². The Kier molecular flexibility index (Phi) is 4.49. The summed E-state index contributed by atoms with van der Waals surface area (Å²) in [5.74, 6) is 0. The van der Waals surface area contributed by atoms with Crippen molar-refractivity contribution in [3.05, 3.63) is 30.3 Å². The number of hydrogen-bond acceptors (Lipinski definition) is 2. The highest BCUT2D eigenvalue weighted by Crippen LogP contribution is 2.04. The molecule has 0 atom stereocenters. The molecule has 1 rings (SSSR count). The molecule has 0 saturated carbocycles. The van der Waals surface area contributed by atoms with E-state index in [0.29, 0.717) is 0 Å². The Labute approximate surface area is 76.5 Å². The first-order valence-electron chi connectivity index (χ1n) is 4.21. The quantitative estimate of drug-likeness (QED) is 0.535. The first-order chi connectivity index (χ1) is 5.93. The standard InChI is InChI=1S/C9H15NOSi/c12-11-8-4-7-10-9-5-2-1-3-6-9/h1-3,5-6,10H,4,7-8H2,12H3. The van der Waals surface area contributed by atoms with Crippen LogP contribution in [0.1, 0.15) is 6.42 Å². The topological polar surface area (TPSA) is 21.3 Å². The number of hydrogen-bond donors (Lipinski definition) is 1. The third-order valence-electron chi connectivity index (χ3n) is 1.63. The van der Waals surface area contributed by atoms with Crippen molar-refractivity contribution in [2.24, 2.45) is 0 Å². The molecular weight excluding hydrogens is 166 g/mol. The minimum atomic E-state index is 0.848. The summed E-state index contributed by atoms with van der Waals surface area (Å²) in [5.41, 5.74) is 1.19. The lowest BCUT2D eigenvalue weighted by Crippen LogP contribution is -2.04. The summed E-state index contributed by atoms with van der Waals surface area (Å²) < 4.78 is 5.08. The van der Waals surface area contributed by atoms with Crippen LogP contribution in [0, 0.1) is 0 Å². The molecule has 0 bridgehead atoms. The molecule has 2 nitrogen and oxygen atoms in total. The largest absolute Gasteiger partial charge is 0.428 e. The van der Waals surface area contributed by atoms with E-state index in [9.17, 15) is 0 Å². The van der Waals surface area contributed by atoms with Crippen LogP contribution in [0.25, 0.3) is 0 Å². The summed E-state index contributed by atoms with van der Waals surface area (Å²) in [7, 11) is 0.848. The maximum absolute atomic E-state index is 5.08. The second-order valence-electron chi connectivity index (χ2n) is 2.64. The minimum Gasteiger partial charge on any atom is -0.428 e. The minimum absolute atomic E-state index is 0.848. The van der Waals surface area contributed by atoms with E-state index in [2.05, 4.69) is 17.4 Å². The van der Waals surface area contributed by atoms with Crippen molar-refractivity contribution in [1.29, 1.82) is 0 Å². The van der Waals surface area contributed by atoms with Gasteiger partial charge in [0.15, 0.2) is 0 Å². The average molecular weight is 181 g/mol. The molecule has 3 heteroatoms. The molecular formula is C9H15NOSi. The molecule has 1 aromatic rings. The van der Waals surface area contributed by atoms with Gasteiger partial charge >= 0.3 is 0 Å². The smallest absolute Gasteiger partial charge is 0.145 e. The van der Waals surface area contributed by atoms with Gasteiger partial charge < -0.3 is 9.74 Å². The number of anilines is 1. The van der Waals surface area contributed by atoms with E-state index in [1.54, 1.807) is 0 Å². The van der Waals surface area contributed by atoms with E-state index in [-0.39, 0.29) is 0 Å². The molecule has 0 aliphatic rings. The van der Waals surface area contributed by atoms with Gasteiger partial charge in [-0.1, -0.05) is 18.2 Å².